The number of rotatable bonds is 5. The van der Waals surface area contributed by atoms with E-state index in [4.69, 9.17) is 4.74 Å². The van der Waals surface area contributed by atoms with Gasteiger partial charge in [0.1, 0.15) is 12.4 Å². The van der Waals surface area contributed by atoms with Crippen LogP contribution < -0.4 is 10.1 Å². The van der Waals surface area contributed by atoms with Crippen LogP contribution in [-0.2, 0) is 17.8 Å². The standard InChI is InChI=1S/C17H17N3O2/c1-18-17(21)10-16-14-9-13(7-8-15(14)19-20-16)22-11-12-5-3-2-4-6-12/h2-9H,10-11H2,1H3,(H,18,21)(H,19,20). The Hall–Kier alpha value is -2.82. The zero-order chi connectivity index (χ0) is 15.4. The van der Waals surface area contributed by atoms with E-state index in [0.717, 1.165) is 27.9 Å². The van der Waals surface area contributed by atoms with Crippen LogP contribution in [-0.4, -0.2) is 23.2 Å². The maximum absolute atomic E-state index is 11.5. The fourth-order valence-electron chi connectivity index (χ4n) is 2.26. The summed E-state index contributed by atoms with van der Waals surface area (Å²) in [6.07, 6.45) is 0.273. The van der Waals surface area contributed by atoms with Gasteiger partial charge in [0.15, 0.2) is 0 Å². The highest BCUT2D eigenvalue weighted by Gasteiger charge is 2.10. The monoisotopic (exact) mass is 295 g/mol. The third kappa shape index (κ3) is 3.09. The number of aromatic nitrogens is 2. The summed E-state index contributed by atoms with van der Waals surface area (Å²) in [7, 11) is 1.62. The second-order valence-electron chi connectivity index (χ2n) is 5.01. The summed E-state index contributed by atoms with van der Waals surface area (Å²) in [6, 6.07) is 15.7. The molecule has 0 saturated heterocycles. The second kappa shape index (κ2) is 6.30. The molecular formula is C17H17N3O2. The lowest BCUT2D eigenvalue weighted by Crippen LogP contribution is -2.20. The van der Waals surface area contributed by atoms with E-state index in [2.05, 4.69) is 15.5 Å². The molecule has 0 spiro atoms. The van der Waals surface area contributed by atoms with Crippen LogP contribution in [0, 0.1) is 0 Å². The van der Waals surface area contributed by atoms with Crippen LogP contribution in [0.2, 0.25) is 0 Å². The van der Waals surface area contributed by atoms with Crippen molar-refractivity contribution in [2.45, 2.75) is 13.0 Å². The van der Waals surface area contributed by atoms with Crippen LogP contribution in [0.5, 0.6) is 5.75 Å². The van der Waals surface area contributed by atoms with Crippen molar-refractivity contribution >= 4 is 16.8 Å². The largest absolute Gasteiger partial charge is 0.489 e. The number of hydrogen-bond acceptors (Lipinski definition) is 3. The Morgan fingerprint density at radius 2 is 2.05 bits per heavy atom. The van der Waals surface area contributed by atoms with E-state index in [9.17, 15) is 4.79 Å². The summed E-state index contributed by atoms with van der Waals surface area (Å²) in [5.41, 5.74) is 2.73. The SMILES string of the molecule is CNC(=O)Cc1[nH]nc2ccc(OCc3ccccc3)cc12. The lowest BCUT2D eigenvalue weighted by molar-refractivity contribution is -0.119. The zero-order valence-corrected chi connectivity index (χ0v) is 12.3. The molecule has 0 aliphatic carbocycles. The molecule has 0 saturated carbocycles. The number of hydrogen-bond donors (Lipinski definition) is 2. The molecule has 3 aromatic rings. The van der Waals surface area contributed by atoms with Crippen molar-refractivity contribution in [3.8, 4) is 5.75 Å². The van der Waals surface area contributed by atoms with Gasteiger partial charge < -0.3 is 10.1 Å². The highest BCUT2D eigenvalue weighted by atomic mass is 16.5. The minimum Gasteiger partial charge on any atom is -0.489 e. The third-order valence-corrected chi connectivity index (χ3v) is 3.47. The lowest BCUT2D eigenvalue weighted by atomic mass is 10.1. The van der Waals surface area contributed by atoms with Crippen molar-refractivity contribution in [2.75, 3.05) is 7.05 Å². The van der Waals surface area contributed by atoms with Crippen LogP contribution in [0.4, 0.5) is 0 Å². The molecule has 0 unspecified atom stereocenters. The number of nitrogens with zero attached hydrogens (tertiary/aromatic N) is 1. The summed E-state index contributed by atoms with van der Waals surface area (Å²) < 4.78 is 5.81. The van der Waals surface area contributed by atoms with Crippen molar-refractivity contribution in [3.63, 3.8) is 0 Å². The quantitative estimate of drug-likeness (QED) is 0.759. The first-order valence-electron chi connectivity index (χ1n) is 7.10. The molecule has 5 nitrogen and oxygen atoms in total. The fourth-order valence-corrected chi connectivity index (χ4v) is 2.26. The Kier molecular flexibility index (Phi) is 4.05. The number of aromatic amines is 1. The topological polar surface area (TPSA) is 67.0 Å². The average Bonchev–Trinajstić information content (AvgIpc) is 2.96. The van der Waals surface area contributed by atoms with Crippen LogP contribution in [0.25, 0.3) is 10.9 Å². The Bertz CT molecular complexity index is 781. The molecule has 0 atom stereocenters. The molecule has 112 valence electrons. The van der Waals surface area contributed by atoms with Gasteiger partial charge >= 0.3 is 0 Å². The van der Waals surface area contributed by atoms with Crippen molar-refractivity contribution in [1.82, 2.24) is 15.5 Å². The van der Waals surface area contributed by atoms with E-state index in [0.29, 0.717) is 6.61 Å². The summed E-state index contributed by atoms with van der Waals surface area (Å²) in [5, 5.41) is 10.6. The normalized spacial score (nSPS) is 10.6. The maximum atomic E-state index is 11.5. The van der Waals surface area contributed by atoms with E-state index in [1.165, 1.54) is 0 Å². The van der Waals surface area contributed by atoms with Gasteiger partial charge in [-0.05, 0) is 23.8 Å². The van der Waals surface area contributed by atoms with Crippen molar-refractivity contribution in [2.24, 2.45) is 0 Å². The highest BCUT2D eigenvalue weighted by molar-refractivity contribution is 5.88. The lowest BCUT2D eigenvalue weighted by Gasteiger charge is -2.06. The Morgan fingerprint density at radius 1 is 1.23 bits per heavy atom. The van der Waals surface area contributed by atoms with Crippen LogP contribution in [0.15, 0.2) is 48.5 Å². The van der Waals surface area contributed by atoms with Gasteiger partial charge in [-0.3, -0.25) is 9.89 Å². The van der Waals surface area contributed by atoms with Gasteiger partial charge in [-0.2, -0.15) is 5.10 Å². The Labute approximate surface area is 128 Å². The van der Waals surface area contributed by atoms with E-state index in [1.807, 2.05) is 48.5 Å². The van der Waals surface area contributed by atoms with E-state index >= 15 is 0 Å². The molecule has 1 heterocycles. The molecule has 0 radical (unpaired) electrons. The molecule has 5 heteroatoms. The number of benzene rings is 2. The number of likely N-dealkylation sites (N-methyl/N-ethyl adjacent to an activating group) is 1. The zero-order valence-electron chi connectivity index (χ0n) is 12.3. The van der Waals surface area contributed by atoms with Gasteiger partial charge in [-0.25, -0.2) is 0 Å². The van der Waals surface area contributed by atoms with Crippen LogP contribution in [0.3, 0.4) is 0 Å². The predicted octanol–water partition coefficient (Wildman–Crippen LogP) is 2.43. The minimum absolute atomic E-state index is 0.0545. The first-order valence-corrected chi connectivity index (χ1v) is 7.10. The maximum Gasteiger partial charge on any atom is 0.225 e. The number of ether oxygens (including phenoxy) is 1. The molecule has 3 rings (SSSR count). The molecular weight excluding hydrogens is 278 g/mol. The van der Waals surface area contributed by atoms with Gasteiger partial charge in [0.05, 0.1) is 17.6 Å². The van der Waals surface area contributed by atoms with Gasteiger partial charge in [-0.1, -0.05) is 30.3 Å². The molecule has 2 aromatic carbocycles. The molecule has 0 aliphatic heterocycles. The molecule has 0 fully saturated rings. The highest BCUT2D eigenvalue weighted by Crippen LogP contribution is 2.23. The number of carbonyl (C=O) groups excluding carboxylic acids is 1. The second-order valence-corrected chi connectivity index (χ2v) is 5.01. The summed E-state index contributed by atoms with van der Waals surface area (Å²) >= 11 is 0. The number of carbonyl (C=O) groups is 1. The molecule has 0 bridgehead atoms. The van der Waals surface area contributed by atoms with E-state index in [1.54, 1.807) is 7.05 Å². The van der Waals surface area contributed by atoms with Gasteiger partial charge in [0.25, 0.3) is 0 Å². The van der Waals surface area contributed by atoms with Gasteiger partial charge in [0.2, 0.25) is 5.91 Å². The summed E-state index contributed by atoms with van der Waals surface area (Å²) in [5.74, 6) is 0.706. The Balaban J connectivity index is 1.79. The van der Waals surface area contributed by atoms with Crippen LogP contribution >= 0.6 is 0 Å². The number of nitrogens with one attached hydrogen (secondary N) is 2. The molecule has 1 aromatic heterocycles. The minimum atomic E-state index is -0.0545. The van der Waals surface area contributed by atoms with E-state index in [-0.39, 0.29) is 12.3 Å². The third-order valence-electron chi connectivity index (χ3n) is 3.47. The number of fused-ring (bicyclic) bond motifs is 1. The van der Waals surface area contributed by atoms with Gasteiger partial charge in [-0.15, -0.1) is 0 Å². The first kappa shape index (κ1) is 14.1. The van der Waals surface area contributed by atoms with E-state index < -0.39 is 0 Å². The van der Waals surface area contributed by atoms with Crippen molar-refractivity contribution in [3.05, 3.63) is 59.8 Å². The summed E-state index contributed by atoms with van der Waals surface area (Å²) in [4.78, 5) is 11.5. The van der Waals surface area contributed by atoms with Crippen molar-refractivity contribution < 1.29 is 9.53 Å². The molecule has 1 amide bonds. The first-order chi connectivity index (χ1) is 10.8. The van der Waals surface area contributed by atoms with Gasteiger partial charge in [0, 0.05) is 12.4 Å². The van der Waals surface area contributed by atoms with Crippen molar-refractivity contribution in [1.29, 1.82) is 0 Å². The average molecular weight is 295 g/mol. The number of H-pyrrole nitrogens is 1. The molecule has 0 aliphatic rings. The summed E-state index contributed by atoms with van der Waals surface area (Å²) in [6.45, 7) is 0.509. The molecule has 2 N–H and O–H groups in total. The Morgan fingerprint density at radius 3 is 2.82 bits per heavy atom. The predicted molar refractivity (Wildman–Crippen MR) is 84.6 cm³/mol. The van der Waals surface area contributed by atoms with Crippen LogP contribution in [0.1, 0.15) is 11.3 Å². The fraction of sp³-hybridized carbons (Fsp3) is 0.176. The number of amides is 1. The smallest absolute Gasteiger partial charge is 0.225 e. The molecule has 22 heavy (non-hydrogen) atoms.